The highest BCUT2D eigenvalue weighted by atomic mass is 16.3. The Hall–Kier alpha value is -13.2. The van der Waals surface area contributed by atoms with Gasteiger partial charge in [-0.25, -0.2) is 94.9 Å². The molecule has 45 nitrogen and oxygen atoms in total. The number of aromatic amines is 1. The maximum atomic E-state index is 11.6. The highest BCUT2D eigenvalue weighted by Gasteiger charge is 2.42. The molecule has 3 aromatic rings. The molecule has 2 aromatic carbocycles. The molecule has 0 spiro atoms. The van der Waals surface area contributed by atoms with Gasteiger partial charge in [-0.1, -0.05) is 69.3 Å². The Labute approximate surface area is 785 Å². The fourth-order valence-corrected chi connectivity index (χ4v) is 11.9. The summed E-state index contributed by atoms with van der Waals surface area (Å²) in [5, 5.41) is 271. The number of H-pyrrole nitrogens is 1. The monoisotopic (exact) mass is 1900 g/mol. The molecule has 9 atom stereocenters. The van der Waals surface area contributed by atoms with E-state index in [4.69, 9.17) is 10.8 Å². The summed E-state index contributed by atoms with van der Waals surface area (Å²) in [5.74, 6) is -16.0. The van der Waals surface area contributed by atoms with Crippen molar-refractivity contribution in [2.75, 3.05) is 19.8 Å². The minimum atomic E-state index is -1.85. The second kappa shape index (κ2) is 48.1. The molecule has 26 N–H and O–H groups in total. The van der Waals surface area contributed by atoms with Gasteiger partial charge < -0.3 is 122 Å². The van der Waals surface area contributed by atoms with Crippen LogP contribution >= 0.6 is 0 Å². The summed E-state index contributed by atoms with van der Waals surface area (Å²) in [5.41, 5.74) is -15.5. The zero-order valence-corrected chi connectivity index (χ0v) is 81.5. The second-order valence-electron chi connectivity index (χ2n) is 37.6. The van der Waals surface area contributed by atoms with Gasteiger partial charge in [-0.3, -0.25) is 10.8 Å². The fraction of sp³-hybridized carbons (Fsp3) is 0.611. The lowest BCUT2D eigenvalue weighted by atomic mass is 9.96. The van der Waals surface area contributed by atoms with Crippen LogP contribution in [0.15, 0.2) is 156 Å². The highest BCUT2D eigenvalue weighted by molar-refractivity contribution is 6.01. The van der Waals surface area contributed by atoms with E-state index < -0.39 is 248 Å². The van der Waals surface area contributed by atoms with Crippen LogP contribution in [-0.4, -0.2) is 370 Å². The number of nitrogens with one attached hydrogen (secondary N) is 3. The average Bonchev–Trinajstić information content (AvgIpc) is 1.80. The van der Waals surface area contributed by atoms with Gasteiger partial charge in [0.2, 0.25) is 106 Å². The lowest BCUT2D eigenvalue weighted by Gasteiger charge is -2.29. The molecule has 45 heteroatoms. The molecule has 750 valence electrons. The number of hydrogen-bond donors (Lipinski definition) is 26. The third-order valence-electron chi connectivity index (χ3n) is 20.8. The molecular formula is C90H142N22O23. The van der Waals surface area contributed by atoms with E-state index in [2.05, 4.69) is 99.8 Å². The van der Waals surface area contributed by atoms with E-state index in [9.17, 15) is 117 Å². The molecule has 0 aliphatic heterocycles. The number of benzene rings is 2. The van der Waals surface area contributed by atoms with E-state index in [1.807, 2.05) is 24.3 Å². The van der Waals surface area contributed by atoms with Gasteiger partial charge in [0.15, 0.2) is 23.7 Å². The summed E-state index contributed by atoms with van der Waals surface area (Å²) in [4.78, 5) is 82.5. The summed E-state index contributed by atoms with van der Waals surface area (Å²) in [6.45, 7) is 32.2. The largest absolute Gasteiger partial charge is 0.497 e. The van der Waals surface area contributed by atoms with Crippen LogP contribution in [0.3, 0.4) is 0 Å². The number of fused-ring (bicyclic) bond motifs is 1. The van der Waals surface area contributed by atoms with Crippen molar-refractivity contribution in [3.63, 3.8) is 0 Å². The lowest BCUT2D eigenvalue weighted by molar-refractivity contribution is 0.264. The maximum Gasteiger partial charge on any atom is 0.210 e. The molecule has 0 aliphatic rings. The van der Waals surface area contributed by atoms with Crippen molar-refractivity contribution in [3.8, 4) is 0 Å². The van der Waals surface area contributed by atoms with E-state index >= 15 is 0 Å². The zero-order chi connectivity index (χ0) is 104. The molecule has 0 bridgehead atoms. The highest BCUT2D eigenvalue weighted by Crippen LogP contribution is 2.30. The topological polar surface area (TPSA) is 764 Å². The van der Waals surface area contributed by atoms with Crippen LogP contribution in [0.5, 0.6) is 0 Å². The Balaban J connectivity index is 1.87. The first-order chi connectivity index (χ1) is 61.8. The number of aliphatic hydroxyl groups excluding tert-OH is 23. The van der Waals surface area contributed by atoms with Gasteiger partial charge in [0, 0.05) is 43.3 Å². The van der Waals surface area contributed by atoms with Crippen LogP contribution in [0.2, 0.25) is 0 Å². The zero-order valence-electron chi connectivity index (χ0n) is 81.5. The van der Waals surface area contributed by atoms with Gasteiger partial charge in [0.25, 0.3) is 0 Å². The van der Waals surface area contributed by atoms with Crippen molar-refractivity contribution in [1.82, 2.24) is 4.98 Å². The van der Waals surface area contributed by atoms with Gasteiger partial charge in [-0.05, 0) is 201 Å². The number of rotatable bonds is 52. The van der Waals surface area contributed by atoms with Crippen LogP contribution in [0.25, 0.3) is 10.9 Å². The lowest BCUT2D eigenvalue weighted by Crippen LogP contribution is -2.43. The molecular weight excluding hydrogens is 1760 g/mol. The minimum Gasteiger partial charge on any atom is -0.497 e. The number of aliphatic imine (C=N–C) groups is 19. The number of hydrogen-bond acceptors (Lipinski definition) is 23. The van der Waals surface area contributed by atoms with Crippen molar-refractivity contribution in [1.29, 1.82) is 10.8 Å². The van der Waals surface area contributed by atoms with Crippen molar-refractivity contribution in [2.45, 2.75) is 328 Å². The van der Waals surface area contributed by atoms with Crippen molar-refractivity contribution in [2.24, 2.45) is 101 Å². The van der Waals surface area contributed by atoms with E-state index in [0.29, 0.717) is 0 Å². The van der Waals surface area contributed by atoms with Crippen molar-refractivity contribution in [3.05, 3.63) is 71.9 Å². The van der Waals surface area contributed by atoms with Gasteiger partial charge >= 0.3 is 0 Å². The first-order valence-electron chi connectivity index (χ1n) is 43.4. The molecule has 1 heterocycles. The van der Waals surface area contributed by atoms with E-state index in [-0.39, 0.29) is 56.8 Å². The molecule has 0 saturated heterocycles. The standard InChI is InChI=1S/C90H142N22O23/c1-26-90(25,80(135)111-89(23,24)78(133)110-88(21,22)77(132)109-83(11,12)73(128)100-57(37-39-62(92)117)67(122)98-53(45-113)42-52-43-93-55-35-31-30-34-54(52)55)112-79(134)87(19,20)104-65(120)49(5)95-64(119)48(4)96-71(126)82(9,10)107-75(130)85(15,16)103-63(118)44-94-66(121)56(36-38-61(91)116)99-68(123)58(40-47(2)3)101-74(129)84(13,14)108-76(131)86(17,18)106-70(125)60(46-114)102-72(127)81(7,8)105-69(124)59(97-50(6)115)41-51-32-28-27-29-33-51/h27-35,43,47-49,53,56-60,93,113-114H,26,36-42,44-46H2,1-25H3,(H2,91,116)(H2,92,117)(H,94,121)(H,95,119)(H,96,126)(H,97,115)(H,98,122)(H,99,123)(H,100,128)(H,101,129)(H,102,127)(H,103,118)(H,104,120)(H,105,124)(H,106,125)(H,107,130)(H,108,131)(H,109,132)(H,110,133)(H,111,135)(H,112,134)/t48-,49-,53+,56-,57+,58+,59+,60+,90+/m0/s1. The predicted molar refractivity (Wildman–Crippen MR) is 534 cm³/mol. The van der Waals surface area contributed by atoms with Crippen LogP contribution in [0.4, 0.5) is 0 Å². The number of nitrogens with zero attached hydrogens (tertiary/aromatic N) is 19. The Morgan fingerprint density at radius 3 is 1.18 bits per heavy atom. The summed E-state index contributed by atoms with van der Waals surface area (Å²) >= 11 is 0. The van der Waals surface area contributed by atoms with Gasteiger partial charge in [-0.15, -0.1) is 0 Å². The Morgan fingerprint density at radius 1 is 0.348 bits per heavy atom. The van der Waals surface area contributed by atoms with Crippen molar-refractivity contribution < 1.29 is 117 Å². The quantitative estimate of drug-likeness (QED) is 0.0184. The maximum absolute atomic E-state index is 11.6. The van der Waals surface area contributed by atoms with Crippen LogP contribution < -0.4 is 0 Å². The fourth-order valence-electron chi connectivity index (χ4n) is 11.9. The van der Waals surface area contributed by atoms with E-state index in [0.717, 1.165) is 22.0 Å². The van der Waals surface area contributed by atoms with Crippen molar-refractivity contribution >= 4 is 135 Å². The SMILES string of the molecule is CC[C@@](C)(N=C(O)C(C)(C)N=C(O)[C@H](C)N=C(O)[C@H](C)N=C(O)C(C)(C)N=C(O)C(C)(C)N=C(O)CN=C(O)[C@H](CCC(=N)O)N=C(O)[C@@H](CC(C)C)N=C(O)C(C)(C)N=C(O)C(C)(C)N=C(O)[C@@H](CO)N=C(O)C(C)(C)N=C(O)[C@@H](Cc1ccccc1)N=C(C)O)C(O)=NC(C)(C)C(O)=NC(C)(C)C(O)=NC(C)(C)C(O)=N[C@H](CCC(=N)O)C(O)=N[C@@H](CO)Cc1c[nH]c2ccccc12. The molecule has 1 aromatic heterocycles. The minimum absolute atomic E-state index is 0.0216. The summed E-state index contributed by atoms with van der Waals surface area (Å²) in [6.07, 6.45) is 0.688. The smallest absolute Gasteiger partial charge is 0.210 e. The first kappa shape index (κ1) is 116. The number of aromatic nitrogens is 1. The van der Waals surface area contributed by atoms with Crippen LogP contribution in [0.1, 0.15) is 223 Å². The Kier molecular flexibility index (Phi) is 41.3. The molecule has 3 rings (SSSR count). The molecule has 0 fully saturated rings. The number of aliphatic hydroxyl groups is 23. The second-order valence-corrected chi connectivity index (χ2v) is 37.6. The molecule has 0 amide bonds. The third kappa shape index (κ3) is 35.6. The normalized spacial score (nSPS) is 18.0. The third-order valence-corrected chi connectivity index (χ3v) is 20.8. The van der Waals surface area contributed by atoms with Gasteiger partial charge in [0.1, 0.15) is 98.2 Å². The van der Waals surface area contributed by atoms with Gasteiger partial charge in [0.05, 0.1) is 19.3 Å². The molecule has 0 aliphatic carbocycles. The summed E-state index contributed by atoms with van der Waals surface area (Å²) in [6, 6.07) is 5.67. The summed E-state index contributed by atoms with van der Waals surface area (Å²) < 4.78 is 0. The van der Waals surface area contributed by atoms with Gasteiger partial charge in [-0.2, -0.15) is 0 Å². The number of para-hydroxylation sites is 1. The molecule has 135 heavy (non-hydrogen) atoms. The molecule has 0 unspecified atom stereocenters. The Morgan fingerprint density at radius 2 is 0.726 bits per heavy atom. The first-order valence-corrected chi connectivity index (χ1v) is 43.4. The van der Waals surface area contributed by atoms with E-state index in [1.165, 1.54) is 152 Å². The van der Waals surface area contributed by atoms with Crippen LogP contribution in [0, 0.1) is 16.7 Å². The predicted octanol–water partition coefficient (Wildman–Crippen LogP) is 14.0. The van der Waals surface area contributed by atoms with E-state index in [1.54, 1.807) is 57.3 Å². The average molecular weight is 1900 g/mol. The Bertz CT molecular complexity index is 5210. The van der Waals surface area contributed by atoms with Crippen LogP contribution in [-0.2, 0) is 12.8 Å². The molecule has 0 saturated carbocycles. The summed E-state index contributed by atoms with van der Waals surface area (Å²) in [7, 11) is 0. The molecule has 0 radical (unpaired) electrons.